The largest absolute Gasteiger partial charge is 0.490 e. The highest BCUT2D eigenvalue weighted by atomic mass is 35.5. The molecule has 3 aromatic carbocycles. The van der Waals surface area contributed by atoms with Crippen LogP contribution in [0.15, 0.2) is 59.6 Å². The summed E-state index contributed by atoms with van der Waals surface area (Å²) >= 11 is 12.4. The standard InChI is InChI=1S/C24H19Cl2FN2O4S/c25-15-7-8-17(24-22(15)16(26)12-28-24)29-34(30)21-5-1-4-19(23(21)27)31-10-2-3-14-6-9-18-20(11-14)33-13-32-18/h1,4-9,11-12,28-29H,2-3,10,13H2. The van der Waals surface area contributed by atoms with Crippen molar-refractivity contribution in [1.82, 2.24) is 4.98 Å². The minimum absolute atomic E-state index is 0.0194. The first-order valence-corrected chi connectivity index (χ1v) is 12.3. The maximum Gasteiger partial charge on any atom is 0.231 e. The molecule has 1 aliphatic heterocycles. The highest BCUT2D eigenvalue weighted by molar-refractivity contribution is 7.86. The Morgan fingerprint density at radius 3 is 2.82 bits per heavy atom. The van der Waals surface area contributed by atoms with Gasteiger partial charge in [0.05, 0.1) is 32.8 Å². The second-order valence-corrected chi connectivity index (χ2v) is 9.56. The van der Waals surface area contributed by atoms with Crippen LogP contribution >= 0.6 is 23.2 Å². The van der Waals surface area contributed by atoms with Gasteiger partial charge in [0.2, 0.25) is 6.79 Å². The van der Waals surface area contributed by atoms with E-state index in [1.54, 1.807) is 24.4 Å². The number of fused-ring (bicyclic) bond motifs is 2. The molecular formula is C24H19Cl2FN2O4S. The molecule has 6 nitrogen and oxygen atoms in total. The monoisotopic (exact) mass is 520 g/mol. The Hall–Kier alpha value is -2.94. The van der Waals surface area contributed by atoms with Gasteiger partial charge in [0.15, 0.2) is 34.1 Å². The molecule has 0 saturated carbocycles. The van der Waals surface area contributed by atoms with Crippen LogP contribution in [0.4, 0.5) is 10.1 Å². The van der Waals surface area contributed by atoms with Crippen LogP contribution in [0, 0.1) is 5.82 Å². The maximum absolute atomic E-state index is 15.1. The third-order valence-corrected chi connectivity index (χ3v) is 7.10. The molecule has 1 aromatic heterocycles. The number of aromatic amines is 1. The molecule has 0 saturated heterocycles. The van der Waals surface area contributed by atoms with Gasteiger partial charge in [0, 0.05) is 11.6 Å². The van der Waals surface area contributed by atoms with E-state index in [0.717, 1.165) is 23.5 Å². The number of anilines is 1. The van der Waals surface area contributed by atoms with Gasteiger partial charge in [0.1, 0.15) is 0 Å². The molecule has 2 N–H and O–H groups in total. The number of rotatable bonds is 8. The fraction of sp³-hybridized carbons (Fsp3) is 0.167. The average molecular weight is 521 g/mol. The molecule has 2 heterocycles. The van der Waals surface area contributed by atoms with Crippen LogP contribution in [0.25, 0.3) is 10.9 Å². The topological polar surface area (TPSA) is 72.6 Å². The molecule has 0 radical (unpaired) electrons. The van der Waals surface area contributed by atoms with Crippen molar-refractivity contribution >= 4 is 50.8 Å². The lowest BCUT2D eigenvalue weighted by Gasteiger charge is -2.12. The molecule has 10 heteroatoms. The van der Waals surface area contributed by atoms with Crippen LogP contribution in [0.5, 0.6) is 17.2 Å². The lowest BCUT2D eigenvalue weighted by molar-refractivity contribution is 0.174. The summed E-state index contributed by atoms with van der Waals surface area (Å²) in [5.74, 6) is 0.833. The van der Waals surface area contributed by atoms with E-state index >= 15 is 4.39 Å². The van der Waals surface area contributed by atoms with Crippen molar-refractivity contribution in [1.29, 1.82) is 0 Å². The fourth-order valence-corrected chi connectivity index (χ4v) is 5.21. The van der Waals surface area contributed by atoms with Crippen LogP contribution in [-0.4, -0.2) is 22.6 Å². The lowest BCUT2D eigenvalue weighted by Crippen LogP contribution is -2.09. The third kappa shape index (κ3) is 4.53. The number of benzene rings is 3. The van der Waals surface area contributed by atoms with Crippen LogP contribution in [0.3, 0.4) is 0 Å². The van der Waals surface area contributed by atoms with Crippen LogP contribution < -0.4 is 18.9 Å². The van der Waals surface area contributed by atoms with Gasteiger partial charge >= 0.3 is 0 Å². The van der Waals surface area contributed by atoms with Crippen LogP contribution in [0.1, 0.15) is 12.0 Å². The number of hydrogen-bond acceptors (Lipinski definition) is 4. The molecule has 0 aliphatic carbocycles. The molecule has 1 atom stereocenters. The first-order chi connectivity index (χ1) is 16.5. The zero-order chi connectivity index (χ0) is 23.7. The predicted molar refractivity (Wildman–Crippen MR) is 131 cm³/mol. The molecular weight excluding hydrogens is 502 g/mol. The quantitative estimate of drug-likeness (QED) is 0.260. The summed E-state index contributed by atoms with van der Waals surface area (Å²) in [5, 5.41) is 1.50. The fourth-order valence-electron chi connectivity index (χ4n) is 3.71. The molecule has 176 valence electrons. The lowest BCUT2D eigenvalue weighted by atomic mass is 10.1. The van der Waals surface area contributed by atoms with Crippen molar-refractivity contribution in [3.05, 3.63) is 76.2 Å². The van der Waals surface area contributed by atoms with Gasteiger partial charge in [0.25, 0.3) is 0 Å². The van der Waals surface area contributed by atoms with Crippen molar-refractivity contribution in [2.45, 2.75) is 17.7 Å². The summed E-state index contributed by atoms with van der Waals surface area (Å²) in [4.78, 5) is 2.98. The molecule has 0 amide bonds. The van der Waals surface area contributed by atoms with Gasteiger partial charge in [-0.15, -0.1) is 0 Å². The first-order valence-electron chi connectivity index (χ1n) is 10.4. The molecule has 1 aliphatic rings. The second-order valence-electron chi connectivity index (χ2n) is 7.56. The Labute approximate surface area is 207 Å². The summed E-state index contributed by atoms with van der Waals surface area (Å²) in [6.07, 6.45) is 2.99. The number of halogens is 3. The SMILES string of the molecule is O=S(Nc1ccc(Cl)c2c(Cl)c[nH]c12)c1cccc(OCCCc2ccc3c(c2)OCO3)c1F. The molecule has 34 heavy (non-hydrogen) atoms. The number of hydrogen-bond donors (Lipinski definition) is 2. The Morgan fingerprint density at radius 2 is 1.94 bits per heavy atom. The minimum atomic E-state index is -1.88. The van der Waals surface area contributed by atoms with Gasteiger partial charge < -0.3 is 19.2 Å². The van der Waals surface area contributed by atoms with Gasteiger partial charge in [-0.1, -0.05) is 35.3 Å². The summed E-state index contributed by atoms with van der Waals surface area (Å²) in [5.41, 5.74) is 2.15. The minimum Gasteiger partial charge on any atom is -0.490 e. The van der Waals surface area contributed by atoms with Gasteiger partial charge in [-0.25, -0.2) is 8.60 Å². The van der Waals surface area contributed by atoms with E-state index in [2.05, 4.69) is 9.71 Å². The van der Waals surface area contributed by atoms with Crippen molar-refractivity contribution in [2.75, 3.05) is 18.1 Å². The number of aromatic nitrogens is 1. The Balaban J connectivity index is 1.23. The zero-order valence-corrected chi connectivity index (χ0v) is 20.0. The Bertz CT molecular complexity index is 1400. The van der Waals surface area contributed by atoms with E-state index in [0.29, 0.717) is 39.7 Å². The Morgan fingerprint density at radius 1 is 1.09 bits per heavy atom. The van der Waals surface area contributed by atoms with E-state index in [-0.39, 0.29) is 17.4 Å². The summed E-state index contributed by atoms with van der Waals surface area (Å²) in [7, 11) is -1.88. The van der Waals surface area contributed by atoms with E-state index in [1.807, 2.05) is 18.2 Å². The van der Waals surface area contributed by atoms with E-state index in [4.69, 9.17) is 37.4 Å². The van der Waals surface area contributed by atoms with Crippen molar-refractivity contribution in [2.24, 2.45) is 0 Å². The molecule has 0 fully saturated rings. The molecule has 0 spiro atoms. The zero-order valence-electron chi connectivity index (χ0n) is 17.7. The van der Waals surface area contributed by atoms with E-state index in [1.165, 1.54) is 12.1 Å². The maximum atomic E-state index is 15.1. The highest BCUT2D eigenvalue weighted by Crippen LogP contribution is 2.36. The molecule has 1 unspecified atom stereocenters. The molecule has 4 aromatic rings. The van der Waals surface area contributed by atoms with E-state index < -0.39 is 16.8 Å². The second kappa shape index (κ2) is 9.74. The van der Waals surface area contributed by atoms with Gasteiger partial charge in [-0.05, 0) is 54.8 Å². The normalized spacial score (nSPS) is 13.3. The molecule has 0 bridgehead atoms. The highest BCUT2D eigenvalue weighted by Gasteiger charge is 2.18. The predicted octanol–water partition coefficient (Wildman–Crippen LogP) is 6.49. The van der Waals surface area contributed by atoms with Gasteiger partial charge in [-0.3, -0.25) is 4.72 Å². The molecule has 5 rings (SSSR count). The number of ether oxygens (including phenoxy) is 3. The van der Waals surface area contributed by atoms with Crippen molar-refractivity contribution < 1.29 is 22.8 Å². The van der Waals surface area contributed by atoms with E-state index in [9.17, 15) is 4.21 Å². The van der Waals surface area contributed by atoms with Crippen LogP contribution in [-0.2, 0) is 17.4 Å². The summed E-state index contributed by atoms with van der Waals surface area (Å²) in [6.45, 7) is 0.531. The van der Waals surface area contributed by atoms with Gasteiger partial charge in [-0.2, -0.15) is 0 Å². The summed E-state index contributed by atoms with van der Waals surface area (Å²) < 4.78 is 47.2. The van der Waals surface area contributed by atoms with Crippen LogP contribution in [0.2, 0.25) is 10.0 Å². The first kappa shape index (κ1) is 22.8. The number of nitrogens with one attached hydrogen (secondary N) is 2. The number of H-pyrrole nitrogens is 1. The third-order valence-electron chi connectivity index (χ3n) is 5.37. The summed E-state index contributed by atoms with van der Waals surface area (Å²) in [6, 6.07) is 13.6. The average Bonchev–Trinajstić information content (AvgIpc) is 3.46. The Kier molecular flexibility index (Phi) is 6.54. The smallest absolute Gasteiger partial charge is 0.231 e. The van der Waals surface area contributed by atoms with Crippen molar-refractivity contribution in [3.8, 4) is 17.2 Å². The van der Waals surface area contributed by atoms with Crippen molar-refractivity contribution in [3.63, 3.8) is 0 Å². The number of aryl methyl sites for hydroxylation is 1.